The highest BCUT2D eigenvalue weighted by molar-refractivity contribution is 5.84. The molecular weight excluding hydrogens is 266 g/mol. The molecule has 110 valence electrons. The molecular formula is C13H17NO6. The average Bonchev–Trinajstić information content (AvgIpc) is 2.46. The molecule has 1 N–H and O–H groups in total. The number of ether oxygens (including phenoxy) is 2. The van der Waals surface area contributed by atoms with Crippen molar-refractivity contribution >= 4 is 11.5 Å². The van der Waals surface area contributed by atoms with E-state index in [1.807, 2.05) is 0 Å². The first-order chi connectivity index (χ1) is 9.42. The highest BCUT2D eigenvalue weighted by Gasteiger charge is 2.30. The molecule has 0 saturated carbocycles. The first kappa shape index (κ1) is 16.2. The molecule has 0 aliphatic rings. The van der Waals surface area contributed by atoms with Crippen LogP contribution in [-0.2, 0) is 14.3 Å². The van der Waals surface area contributed by atoms with Crippen LogP contribution < -0.4 is 0 Å². The van der Waals surface area contributed by atoms with Gasteiger partial charge in [0, 0.05) is 26.4 Å². The van der Waals surface area contributed by atoms with Crippen LogP contribution in [0.4, 0.5) is 5.69 Å². The molecule has 1 aromatic carbocycles. The molecule has 0 aliphatic heterocycles. The number of non-ortho nitro benzene ring substituents is 1. The second kappa shape index (κ2) is 7.09. The van der Waals surface area contributed by atoms with Gasteiger partial charge in [-0.25, -0.2) is 0 Å². The molecule has 0 spiro atoms. The summed E-state index contributed by atoms with van der Waals surface area (Å²) in [4.78, 5) is 22.1. The fraction of sp³-hybridized carbons (Fsp3) is 0.462. The summed E-state index contributed by atoms with van der Waals surface area (Å²) >= 11 is 0. The minimum atomic E-state index is -1.17. The van der Waals surface area contributed by atoms with Gasteiger partial charge in [-0.05, 0) is 5.56 Å². The topological polar surface area (TPSA) is 98.9 Å². The van der Waals surface area contributed by atoms with Gasteiger partial charge in [-0.3, -0.25) is 14.9 Å². The lowest BCUT2D eigenvalue weighted by atomic mass is 9.93. The summed E-state index contributed by atoms with van der Waals surface area (Å²) in [6.45, 7) is 1.51. The maximum Gasteiger partial charge on any atom is 0.269 e. The number of nitrogens with zero attached hydrogens (tertiary/aromatic N) is 1. The van der Waals surface area contributed by atoms with Crippen LogP contribution in [0, 0.1) is 16.0 Å². The van der Waals surface area contributed by atoms with Crippen LogP contribution >= 0.6 is 0 Å². The molecule has 0 bridgehead atoms. The summed E-state index contributed by atoms with van der Waals surface area (Å²) in [5.41, 5.74) is 0.155. The maximum atomic E-state index is 12.0. The Morgan fingerprint density at radius 2 is 1.95 bits per heavy atom. The van der Waals surface area contributed by atoms with Gasteiger partial charge >= 0.3 is 0 Å². The number of hydrogen-bond acceptors (Lipinski definition) is 6. The Hall–Kier alpha value is -1.83. The molecule has 0 unspecified atom stereocenters. The van der Waals surface area contributed by atoms with Gasteiger partial charge in [-0.15, -0.1) is 0 Å². The van der Waals surface area contributed by atoms with E-state index in [-0.39, 0.29) is 5.69 Å². The van der Waals surface area contributed by atoms with Gasteiger partial charge in [0.2, 0.25) is 6.29 Å². The molecule has 1 aromatic rings. The smallest absolute Gasteiger partial charge is 0.269 e. The summed E-state index contributed by atoms with van der Waals surface area (Å²) in [6.07, 6.45) is -2.24. The summed E-state index contributed by atoms with van der Waals surface area (Å²) < 4.78 is 9.68. The zero-order chi connectivity index (χ0) is 15.3. The fourth-order valence-corrected chi connectivity index (χ4v) is 1.81. The Balaban J connectivity index is 2.93. The summed E-state index contributed by atoms with van der Waals surface area (Å²) in [5, 5.41) is 20.8. The van der Waals surface area contributed by atoms with E-state index < -0.39 is 29.0 Å². The lowest BCUT2D eigenvalue weighted by molar-refractivity contribution is -0.385. The monoisotopic (exact) mass is 283 g/mol. The first-order valence-electron chi connectivity index (χ1n) is 5.94. The zero-order valence-corrected chi connectivity index (χ0v) is 11.5. The van der Waals surface area contributed by atoms with E-state index in [0.717, 1.165) is 0 Å². The number of aliphatic hydroxyl groups excluding tert-OH is 1. The number of rotatable bonds is 7. The number of aliphatic hydroxyl groups is 1. The van der Waals surface area contributed by atoms with Crippen LogP contribution in [0.3, 0.4) is 0 Å². The number of ketones is 1. The maximum absolute atomic E-state index is 12.0. The quantitative estimate of drug-likeness (QED) is 0.462. The van der Waals surface area contributed by atoms with Crippen molar-refractivity contribution in [3.05, 3.63) is 39.9 Å². The van der Waals surface area contributed by atoms with Crippen LogP contribution in [0.2, 0.25) is 0 Å². The van der Waals surface area contributed by atoms with Crippen molar-refractivity contribution < 1.29 is 24.3 Å². The second-order valence-electron chi connectivity index (χ2n) is 4.29. The normalized spacial score (nSPS) is 14.1. The first-order valence-corrected chi connectivity index (χ1v) is 5.94. The van der Waals surface area contributed by atoms with Crippen LogP contribution in [0.1, 0.15) is 18.6 Å². The number of carbonyl (C=O) groups is 1. The van der Waals surface area contributed by atoms with E-state index in [1.165, 1.54) is 45.4 Å². The number of nitro groups is 1. The van der Waals surface area contributed by atoms with Crippen LogP contribution in [0.5, 0.6) is 0 Å². The highest BCUT2D eigenvalue weighted by Crippen LogP contribution is 2.26. The predicted molar refractivity (Wildman–Crippen MR) is 70.0 cm³/mol. The molecule has 0 aliphatic carbocycles. The summed E-state index contributed by atoms with van der Waals surface area (Å²) in [6, 6.07) is 5.53. The predicted octanol–water partition coefficient (Wildman–Crippen LogP) is 1.45. The zero-order valence-electron chi connectivity index (χ0n) is 11.5. The van der Waals surface area contributed by atoms with Crippen LogP contribution in [-0.4, -0.2) is 36.3 Å². The minimum Gasteiger partial charge on any atom is -0.388 e. The summed E-state index contributed by atoms with van der Waals surface area (Å²) in [7, 11) is 2.64. The van der Waals surface area contributed by atoms with Crippen molar-refractivity contribution in [2.24, 2.45) is 5.92 Å². The molecule has 2 atom stereocenters. The SMILES string of the molecule is COC(OC)C(=O)[C@@H](C)[C@H](O)c1cccc([N+](=O)[O-])c1. The van der Waals surface area contributed by atoms with Gasteiger partial charge in [0.1, 0.15) is 0 Å². The Kier molecular flexibility index (Phi) is 5.75. The van der Waals surface area contributed by atoms with Gasteiger partial charge in [-0.2, -0.15) is 0 Å². The van der Waals surface area contributed by atoms with Crippen molar-refractivity contribution in [3.8, 4) is 0 Å². The molecule has 0 fully saturated rings. The highest BCUT2D eigenvalue weighted by atomic mass is 16.7. The molecule has 0 heterocycles. The van der Waals surface area contributed by atoms with Gasteiger partial charge in [0.25, 0.3) is 5.69 Å². The van der Waals surface area contributed by atoms with E-state index in [4.69, 9.17) is 9.47 Å². The molecule has 7 nitrogen and oxygen atoms in total. The lowest BCUT2D eigenvalue weighted by Crippen LogP contribution is -2.33. The molecule has 20 heavy (non-hydrogen) atoms. The van der Waals surface area contributed by atoms with Crippen molar-refractivity contribution in [2.45, 2.75) is 19.3 Å². The largest absolute Gasteiger partial charge is 0.388 e. The van der Waals surface area contributed by atoms with E-state index in [2.05, 4.69) is 0 Å². The lowest BCUT2D eigenvalue weighted by Gasteiger charge is -2.21. The third kappa shape index (κ3) is 3.60. The van der Waals surface area contributed by atoms with E-state index >= 15 is 0 Å². The number of Topliss-reactive ketones (excluding diaryl/α,β-unsaturated/α-hetero) is 1. The number of hydrogen-bond donors (Lipinski definition) is 1. The summed E-state index contributed by atoms with van der Waals surface area (Å²) in [5.74, 6) is -1.25. The number of benzene rings is 1. The molecule has 1 rings (SSSR count). The van der Waals surface area contributed by atoms with Gasteiger partial charge in [0.15, 0.2) is 5.78 Å². The number of carbonyl (C=O) groups excluding carboxylic acids is 1. The molecule has 7 heteroatoms. The average molecular weight is 283 g/mol. The van der Waals surface area contributed by atoms with Crippen molar-refractivity contribution in [3.63, 3.8) is 0 Å². The Bertz CT molecular complexity index is 486. The van der Waals surface area contributed by atoms with Crippen molar-refractivity contribution in [1.29, 1.82) is 0 Å². The molecule has 0 amide bonds. The third-order valence-corrected chi connectivity index (χ3v) is 3.01. The third-order valence-electron chi connectivity index (χ3n) is 3.01. The Morgan fingerprint density at radius 3 is 2.45 bits per heavy atom. The second-order valence-corrected chi connectivity index (χ2v) is 4.29. The number of methoxy groups -OCH3 is 2. The molecule has 0 saturated heterocycles. The molecule has 0 radical (unpaired) electrons. The minimum absolute atomic E-state index is 0.142. The van der Waals surface area contributed by atoms with Crippen LogP contribution in [0.25, 0.3) is 0 Å². The van der Waals surface area contributed by atoms with Gasteiger partial charge in [0.05, 0.1) is 16.9 Å². The molecule has 0 aromatic heterocycles. The van der Waals surface area contributed by atoms with E-state index in [1.54, 1.807) is 0 Å². The van der Waals surface area contributed by atoms with Crippen molar-refractivity contribution in [1.82, 2.24) is 0 Å². The van der Waals surface area contributed by atoms with Crippen LogP contribution in [0.15, 0.2) is 24.3 Å². The fourth-order valence-electron chi connectivity index (χ4n) is 1.81. The van der Waals surface area contributed by atoms with E-state index in [9.17, 15) is 20.0 Å². The Labute approximate surface area is 116 Å². The number of nitro benzene ring substituents is 1. The van der Waals surface area contributed by atoms with Crippen molar-refractivity contribution in [2.75, 3.05) is 14.2 Å². The van der Waals surface area contributed by atoms with Gasteiger partial charge < -0.3 is 14.6 Å². The van der Waals surface area contributed by atoms with Gasteiger partial charge in [-0.1, -0.05) is 19.1 Å². The standard InChI is InChI=1S/C13H17NO6/c1-8(12(16)13(19-2)20-3)11(15)9-5-4-6-10(7-9)14(17)18/h4-8,11,13,15H,1-3H3/t8-,11-/m0/s1. The Morgan fingerprint density at radius 1 is 1.35 bits per heavy atom. The van der Waals surface area contributed by atoms with E-state index in [0.29, 0.717) is 5.56 Å².